The Bertz CT molecular complexity index is 125. The summed E-state index contributed by atoms with van der Waals surface area (Å²) in [5, 5.41) is 3.54. The Morgan fingerprint density at radius 2 is 2.23 bits per heavy atom. The fourth-order valence-electron chi connectivity index (χ4n) is 1.97. The van der Waals surface area contributed by atoms with Crippen LogP contribution in [0.4, 0.5) is 0 Å². The van der Waals surface area contributed by atoms with Gasteiger partial charge in [0.25, 0.3) is 0 Å². The first kappa shape index (κ1) is 11.0. The van der Waals surface area contributed by atoms with Crippen molar-refractivity contribution in [1.82, 2.24) is 10.2 Å². The van der Waals surface area contributed by atoms with Crippen LogP contribution in [0.1, 0.15) is 39.0 Å². The van der Waals surface area contributed by atoms with Crippen molar-refractivity contribution in [3.63, 3.8) is 0 Å². The van der Waals surface area contributed by atoms with Crippen LogP contribution >= 0.6 is 0 Å². The molecule has 13 heavy (non-hydrogen) atoms. The lowest BCUT2D eigenvalue weighted by Crippen LogP contribution is -2.43. The molecule has 0 amide bonds. The van der Waals surface area contributed by atoms with E-state index in [1.165, 1.54) is 51.7 Å². The van der Waals surface area contributed by atoms with Gasteiger partial charge < -0.3 is 10.2 Å². The van der Waals surface area contributed by atoms with E-state index in [4.69, 9.17) is 0 Å². The summed E-state index contributed by atoms with van der Waals surface area (Å²) in [6.45, 7) is 5.92. The van der Waals surface area contributed by atoms with E-state index >= 15 is 0 Å². The standard InChI is InChI=1S/C11H24N2/c1-3-4-8-12-10-11-7-5-6-9-13(11)2/h11-12H,3-10H2,1-2H3/t11-/m0/s1. The fraction of sp³-hybridized carbons (Fsp3) is 1.00. The second kappa shape index (κ2) is 6.39. The number of unbranched alkanes of at least 4 members (excludes halogenated alkanes) is 1. The zero-order valence-corrected chi connectivity index (χ0v) is 9.18. The monoisotopic (exact) mass is 184 g/mol. The van der Waals surface area contributed by atoms with Crippen LogP contribution in [0.5, 0.6) is 0 Å². The van der Waals surface area contributed by atoms with E-state index in [1.54, 1.807) is 0 Å². The molecule has 1 heterocycles. The normalized spacial score (nSPS) is 24.9. The minimum absolute atomic E-state index is 0.797. The molecular formula is C11H24N2. The first-order valence-electron chi connectivity index (χ1n) is 5.75. The van der Waals surface area contributed by atoms with E-state index in [9.17, 15) is 0 Å². The lowest BCUT2D eigenvalue weighted by Gasteiger charge is -2.32. The van der Waals surface area contributed by atoms with Crippen LogP contribution in [0.15, 0.2) is 0 Å². The molecule has 1 aliphatic rings. The van der Waals surface area contributed by atoms with Gasteiger partial charge in [0.15, 0.2) is 0 Å². The van der Waals surface area contributed by atoms with E-state index in [-0.39, 0.29) is 0 Å². The van der Waals surface area contributed by atoms with Gasteiger partial charge in [-0.1, -0.05) is 19.8 Å². The molecule has 2 heteroatoms. The van der Waals surface area contributed by atoms with Gasteiger partial charge in [-0.05, 0) is 39.4 Å². The van der Waals surface area contributed by atoms with Crippen LogP contribution in [0.3, 0.4) is 0 Å². The van der Waals surface area contributed by atoms with Gasteiger partial charge in [0.05, 0.1) is 0 Å². The lowest BCUT2D eigenvalue weighted by molar-refractivity contribution is 0.182. The molecule has 2 nitrogen and oxygen atoms in total. The molecule has 1 fully saturated rings. The molecule has 0 aromatic heterocycles. The summed E-state index contributed by atoms with van der Waals surface area (Å²) in [5.74, 6) is 0. The second-order valence-electron chi connectivity index (χ2n) is 4.19. The number of hydrogen-bond acceptors (Lipinski definition) is 2. The van der Waals surface area contributed by atoms with Gasteiger partial charge in [-0.3, -0.25) is 0 Å². The Morgan fingerprint density at radius 3 is 2.92 bits per heavy atom. The zero-order chi connectivity index (χ0) is 9.52. The summed E-state index contributed by atoms with van der Waals surface area (Å²) in [6.07, 6.45) is 6.81. The van der Waals surface area contributed by atoms with Gasteiger partial charge in [0.1, 0.15) is 0 Å². The van der Waals surface area contributed by atoms with Gasteiger partial charge in [0, 0.05) is 12.6 Å². The Hall–Kier alpha value is -0.0800. The molecule has 1 saturated heterocycles. The van der Waals surface area contributed by atoms with Crippen molar-refractivity contribution in [1.29, 1.82) is 0 Å². The van der Waals surface area contributed by atoms with Gasteiger partial charge in [-0.25, -0.2) is 0 Å². The maximum atomic E-state index is 3.54. The predicted octanol–water partition coefficient (Wildman–Crippen LogP) is 1.86. The van der Waals surface area contributed by atoms with Crippen molar-refractivity contribution >= 4 is 0 Å². The number of likely N-dealkylation sites (N-methyl/N-ethyl adjacent to an activating group) is 1. The lowest BCUT2D eigenvalue weighted by atomic mass is 10.0. The largest absolute Gasteiger partial charge is 0.315 e. The number of likely N-dealkylation sites (tertiary alicyclic amines) is 1. The average Bonchev–Trinajstić information content (AvgIpc) is 2.15. The van der Waals surface area contributed by atoms with E-state index in [0.717, 1.165) is 6.04 Å². The first-order chi connectivity index (χ1) is 6.34. The highest BCUT2D eigenvalue weighted by atomic mass is 15.2. The highest BCUT2D eigenvalue weighted by Gasteiger charge is 2.17. The molecule has 1 rings (SSSR count). The smallest absolute Gasteiger partial charge is 0.0217 e. The van der Waals surface area contributed by atoms with Gasteiger partial charge in [0.2, 0.25) is 0 Å². The molecule has 0 unspecified atom stereocenters. The molecule has 0 aromatic rings. The quantitative estimate of drug-likeness (QED) is 0.656. The molecule has 0 radical (unpaired) electrons. The Kier molecular flexibility index (Phi) is 5.40. The van der Waals surface area contributed by atoms with Crippen molar-refractivity contribution in [2.75, 3.05) is 26.7 Å². The minimum Gasteiger partial charge on any atom is -0.315 e. The van der Waals surface area contributed by atoms with Gasteiger partial charge >= 0.3 is 0 Å². The summed E-state index contributed by atoms with van der Waals surface area (Å²) in [6, 6.07) is 0.797. The summed E-state index contributed by atoms with van der Waals surface area (Å²) < 4.78 is 0. The second-order valence-corrected chi connectivity index (χ2v) is 4.19. The van der Waals surface area contributed by atoms with Crippen molar-refractivity contribution in [3.8, 4) is 0 Å². The summed E-state index contributed by atoms with van der Waals surface area (Å²) in [7, 11) is 2.26. The third-order valence-electron chi connectivity index (χ3n) is 3.01. The van der Waals surface area contributed by atoms with E-state index < -0.39 is 0 Å². The van der Waals surface area contributed by atoms with Crippen molar-refractivity contribution in [2.45, 2.75) is 45.1 Å². The van der Waals surface area contributed by atoms with E-state index in [1.807, 2.05) is 0 Å². The number of rotatable bonds is 5. The highest BCUT2D eigenvalue weighted by molar-refractivity contribution is 4.75. The molecular weight excluding hydrogens is 160 g/mol. The van der Waals surface area contributed by atoms with Crippen LogP contribution in [0.25, 0.3) is 0 Å². The maximum absolute atomic E-state index is 3.54. The Labute approximate surface area is 82.7 Å². The molecule has 0 aliphatic carbocycles. The third kappa shape index (κ3) is 4.10. The van der Waals surface area contributed by atoms with Gasteiger partial charge in [-0.2, -0.15) is 0 Å². The zero-order valence-electron chi connectivity index (χ0n) is 9.18. The maximum Gasteiger partial charge on any atom is 0.0217 e. The Morgan fingerprint density at radius 1 is 1.38 bits per heavy atom. The number of nitrogens with one attached hydrogen (secondary N) is 1. The predicted molar refractivity (Wildman–Crippen MR) is 58.0 cm³/mol. The van der Waals surface area contributed by atoms with Crippen LogP contribution in [0, 0.1) is 0 Å². The molecule has 0 aromatic carbocycles. The van der Waals surface area contributed by atoms with Crippen LogP contribution < -0.4 is 5.32 Å². The molecule has 1 aliphatic heterocycles. The molecule has 0 saturated carbocycles. The van der Waals surface area contributed by atoms with E-state index in [2.05, 4.69) is 24.2 Å². The molecule has 0 spiro atoms. The SMILES string of the molecule is CCCCNC[C@@H]1CCCCN1C. The topological polar surface area (TPSA) is 15.3 Å². The summed E-state index contributed by atoms with van der Waals surface area (Å²) in [4.78, 5) is 2.50. The van der Waals surface area contributed by atoms with Crippen molar-refractivity contribution in [3.05, 3.63) is 0 Å². The number of hydrogen-bond donors (Lipinski definition) is 1. The number of piperidine rings is 1. The average molecular weight is 184 g/mol. The minimum atomic E-state index is 0.797. The van der Waals surface area contributed by atoms with Crippen LogP contribution in [0.2, 0.25) is 0 Å². The van der Waals surface area contributed by atoms with E-state index in [0.29, 0.717) is 0 Å². The highest BCUT2D eigenvalue weighted by Crippen LogP contribution is 2.13. The van der Waals surface area contributed by atoms with Crippen LogP contribution in [-0.2, 0) is 0 Å². The summed E-state index contributed by atoms with van der Waals surface area (Å²) in [5.41, 5.74) is 0. The van der Waals surface area contributed by atoms with Crippen molar-refractivity contribution < 1.29 is 0 Å². The first-order valence-corrected chi connectivity index (χ1v) is 5.75. The molecule has 1 atom stereocenters. The molecule has 0 bridgehead atoms. The molecule has 78 valence electrons. The van der Waals surface area contributed by atoms with Crippen LogP contribution in [-0.4, -0.2) is 37.6 Å². The Balaban J connectivity index is 2.05. The molecule has 1 N–H and O–H groups in total. The number of nitrogens with zero attached hydrogens (tertiary/aromatic N) is 1. The third-order valence-corrected chi connectivity index (χ3v) is 3.01. The summed E-state index contributed by atoms with van der Waals surface area (Å²) >= 11 is 0. The van der Waals surface area contributed by atoms with Crippen molar-refractivity contribution in [2.24, 2.45) is 0 Å². The fourth-order valence-corrected chi connectivity index (χ4v) is 1.97. The van der Waals surface area contributed by atoms with Gasteiger partial charge in [-0.15, -0.1) is 0 Å².